The van der Waals surface area contributed by atoms with Crippen molar-refractivity contribution >= 4 is 5.69 Å². The third-order valence-electron chi connectivity index (χ3n) is 1.74. The van der Waals surface area contributed by atoms with E-state index in [0.717, 1.165) is 6.20 Å². The molecule has 0 atom stereocenters. The molecule has 0 fully saturated rings. The molecule has 1 aromatic carbocycles. The number of benzene rings is 1. The minimum atomic E-state index is -0.620. The van der Waals surface area contributed by atoms with Gasteiger partial charge in [-0.1, -0.05) is 6.07 Å². The van der Waals surface area contributed by atoms with Gasteiger partial charge in [-0.25, -0.2) is 4.39 Å². The van der Waals surface area contributed by atoms with Crippen LogP contribution in [0.4, 0.5) is 10.1 Å². The molecular formula is C11H5FN4. The standard InChI is InChI=1S/C11H5FN4/c12-10-3-1-2-9(6-15)11(10)16-7-8(4-13)5-14/h1-3,7,16H. The van der Waals surface area contributed by atoms with Crippen LogP contribution in [0.25, 0.3) is 0 Å². The van der Waals surface area contributed by atoms with Gasteiger partial charge in [0.15, 0.2) is 0 Å². The lowest BCUT2D eigenvalue weighted by Crippen LogP contribution is -1.96. The zero-order valence-corrected chi connectivity index (χ0v) is 8.03. The van der Waals surface area contributed by atoms with E-state index in [1.807, 2.05) is 0 Å². The van der Waals surface area contributed by atoms with Gasteiger partial charge in [0.05, 0.1) is 11.3 Å². The van der Waals surface area contributed by atoms with E-state index in [1.54, 1.807) is 18.2 Å². The minimum absolute atomic E-state index is 0.0481. The van der Waals surface area contributed by atoms with Gasteiger partial charge in [0.25, 0.3) is 0 Å². The minimum Gasteiger partial charge on any atom is -0.356 e. The number of anilines is 1. The van der Waals surface area contributed by atoms with Gasteiger partial charge >= 0.3 is 0 Å². The highest BCUT2D eigenvalue weighted by atomic mass is 19.1. The first-order valence-corrected chi connectivity index (χ1v) is 4.18. The molecule has 0 aliphatic rings. The molecule has 0 amide bonds. The first-order valence-electron chi connectivity index (χ1n) is 4.18. The molecule has 0 saturated carbocycles. The largest absolute Gasteiger partial charge is 0.356 e. The van der Waals surface area contributed by atoms with Crippen molar-refractivity contribution in [3.63, 3.8) is 0 Å². The summed E-state index contributed by atoms with van der Waals surface area (Å²) in [5.74, 6) is -0.620. The van der Waals surface area contributed by atoms with Crippen molar-refractivity contribution < 1.29 is 4.39 Å². The lowest BCUT2D eigenvalue weighted by molar-refractivity contribution is 0.631. The third-order valence-corrected chi connectivity index (χ3v) is 1.74. The van der Waals surface area contributed by atoms with Gasteiger partial charge < -0.3 is 5.32 Å². The fraction of sp³-hybridized carbons (Fsp3) is 0. The van der Waals surface area contributed by atoms with Crippen molar-refractivity contribution in [2.24, 2.45) is 0 Å². The van der Waals surface area contributed by atoms with Crippen molar-refractivity contribution in [3.05, 3.63) is 41.4 Å². The summed E-state index contributed by atoms with van der Waals surface area (Å²) in [5, 5.41) is 28.1. The molecule has 0 heterocycles. The Morgan fingerprint density at radius 3 is 2.50 bits per heavy atom. The van der Waals surface area contributed by atoms with Crippen LogP contribution in [-0.4, -0.2) is 0 Å². The van der Waals surface area contributed by atoms with E-state index in [9.17, 15) is 4.39 Å². The highest BCUT2D eigenvalue weighted by molar-refractivity contribution is 5.60. The summed E-state index contributed by atoms with van der Waals surface area (Å²) in [6, 6.07) is 9.03. The highest BCUT2D eigenvalue weighted by Gasteiger charge is 2.06. The quantitative estimate of drug-likeness (QED) is 0.760. The third kappa shape index (κ3) is 2.35. The molecule has 1 aromatic rings. The fourth-order valence-electron chi connectivity index (χ4n) is 0.998. The van der Waals surface area contributed by atoms with Crippen molar-refractivity contribution in [3.8, 4) is 18.2 Å². The molecule has 0 unspecified atom stereocenters. The van der Waals surface area contributed by atoms with E-state index >= 15 is 0 Å². The predicted octanol–water partition coefficient (Wildman–Crippen LogP) is 2.04. The average molecular weight is 212 g/mol. The van der Waals surface area contributed by atoms with Crippen LogP contribution in [0.2, 0.25) is 0 Å². The Morgan fingerprint density at radius 1 is 1.25 bits per heavy atom. The summed E-state index contributed by atoms with van der Waals surface area (Å²) in [6.07, 6.45) is 1.05. The lowest BCUT2D eigenvalue weighted by Gasteiger charge is -2.03. The number of para-hydroxylation sites is 1. The second kappa shape index (κ2) is 5.14. The summed E-state index contributed by atoms with van der Waals surface area (Å²) < 4.78 is 13.3. The van der Waals surface area contributed by atoms with E-state index in [0.29, 0.717) is 0 Å². The number of nitrogens with zero attached hydrogens (tertiary/aromatic N) is 3. The maximum absolute atomic E-state index is 13.3. The molecule has 0 spiro atoms. The van der Waals surface area contributed by atoms with Crippen molar-refractivity contribution in [1.29, 1.82) is 15.8 Å². The van der Waals surface area contributed by atoms with Crippen LogP contribution >= 0.6 is 0 Å². The number of allylic oxidation sites excluding steroid dienone is 1. The number of nitriles is 3. The Hall–Kier alpha value is -2.84. The molecule has 16 heavy (non-hydrogen) atoms. The summed E-state index contributed by atoms with van der Waals surface area (Å²) in [5.41, 5.74) is -0.147. The van der Waals surface area contributed by atoms with Gasteiger partial charge in [0, 0.05) is 6.20 Å². The number of nitrogens with one attached hydrogen (secondary N) is 1. The second-order valence-corrected chi connectivity index (χ2v) is 2.70. The molecule has 4 nitrogen and oxygen atoms in total. The Labute approximate surface area is 91.5 Å². The van der Waals surface area contributed by atoms with E-state index in [-0.39, 0.29) is 16.8 Å². The molecule has 1 N–H and O–H groups in total. The number of hydrogen-bond acceptors (Lipinski definition) is 4. The number of hydrogen-bond donors (Lipinski definition) is 1. The molecular weight excluding hydrogens is 207 g/mol. The Bertz CT molecular complexity index is 539. The van der Waals surface area contributed by atoms with Gasteiger partial charge in [0.1, 0.15) is 29.6 Å². The monoisotopic (exact) mass is 212 g/mol. The molecule has 0 aliphatic heterocycles. The molecule has 5 heteroatoms. The maximum atomic E-state index is 13.3. The number of halogens is 1. The summed E-state index contributed by atoms with van der Waals surface area (Å²) in [4.78, 5) is 0. The van der Waals surface area contributed by atoms with Crippen LogP contribution in [-0.2, 0) is 0 Å². The van der Waals surface area contributed by atoms with Crippen molar-refractivity contribution in [2.75, 3.05) is 5.32 Å². The molecule has 1 rings (SSSR count). The molecule has 76 valence electrons. The Morgan fingerprint density at radius 2 is 1.94 bits per heavy atom. The van der Waals surface area contributed by atoms with Crippen molar-refractivity contribution in [2.45, 2.75) is 0 Å². The lowest BCUT2D eigenvalue weighted by atomic mass is 10.2. The summed E-state index contributed by atoms with van der Waals surface area (Å²) >= 11 is 0. The zero-order valence-electron chi connectivity index (χ0n) is 8.03. The zero-order chi connectivity index (χ0) is 12.0. The van der Waals surface area contributed by atoms with Crippen molar-refractivity contribution in [1.82, 2.24) is 0 Å². The van der Waals surface area contributed by atoms with Crippen LogP contribution in [0.15, 0.2) is 30.0 Å². The molecule has 0 aliphatic carbocycles. The molecule has 0 radical (unpaired) electrons. The highest BCUT2D eigenvalue weighted by Crippen LogP contribution is 2.18. The van der Waals surface area contributed by atoms with Gasteiger partial charge in [-0.05, 0) is 12.1 Å². The van der Waals surface area contributed by atoms with Crippen LogP contribution in [0.1, 0.15) is 5.56 Å². The van der Waals surface area contributed by atoms with Gasteiger partial charge in [0.2, 0.25) is 0 Å². The van der Waals surface area contributed by atoms with E-state index in [4.69, 9.17) is 15.8 Å². The first-order chi connectivity index (χ1) is 7.72. The van der Waals surface area contributed by atoms with Gasteiger partial charge in [-0.15, -0.1) is 0 Å². The number of rotatable bonds is 2. The van der Waals surface area contributed by atoms with Crippen LogP contribution in [0.3, 0.4) is 0 Å². The average Bonchev–Trinajstić information content (AvgIpc) is 2.31. The molecule has 0 bridgehead atoms. The first kappa shape index (κ1) is 11.2. The van der Waals surface area contributed by atoms with Crippen LogP contribution in [0, 0.1) is 39.8 Å². The summed E-state index contributed by atoms with van der Waals surface area (Å²) in [7, 11) is 0. The topological polar surface area (TPSA) is 83.4 Å². The molecule has 0 saturated heterocycles. The normalized spacial score (nSPS) is 8.12. The van der Waals surface area contributed by atoms with Crippen LogP contribution in [0.5, 0.6) is 0 Å². The SMILES string of the molecule is N#CC(C#N)=CNc1c(F)cccc1C#N. The van der Waals surface area contributed by atoms with E-state index < -0.39 is 5.82 Å². The summed E-state index contributed by atoms with van der Waals surface area (Å²) in [6.45, 7) is 0. The molecule has 0 aromatic heterocycles. The second-order valence-electron chi connectivity index (χ2n) is 2.70. The van der Waals surface area contributed by atoms with E-state index in [1.165, 1.54) is 18.2 Å². The Balaban J connectivity index is 3.09. The predicted molar refractivity (Wildman–Crippen MR) is 54.0 cm³/mol. The fourth-order valence-corrected chi connectivity index (χ4v) is 0.998. The van der Waals surface area contributed by atoms with E-state index in [2.05, 4.69) is 5.32 Å². The smallest absolute Gasteiger partial charge is 0.147 e. The maximum Gasteiger partial charge on any atom is 0.147 e. The van der Waals surface area contributed by atoms with Gasteiger partial charge in [-0.2, -0.15) is 15.8 Å². The van der Waals surface area contributed by atoms with Gasteiger partial charge in [-0.3, -0.25) is 0 Å². The Kier molecular flexibility index (Phi) is 3.61. The van der Waals surface area contributed by atoms with Crippen LogP contribution < -0.4 is 5.32 Å².